The molecule has 0 aliphatic heterocycles. The van der Waals surface area contributed by atoms with Crippen molar-refractivity contribution < 1.29 is 4.74 Å². The van der Waals surface area contributed by atoms with Gasteiger partial charge in [-0.15, -0.1) is 0 Å². The average Bonchev–Trinajstić information content (AvgIpc) is 3.35. The van der Waals surface area contributed by atoms with Gasteiger partial charge in [-0.1, -0.05) is 29.8 Å². The molecular weight excluding hydrogens is 310 g/mol. The lowest BCUT2D eigenvalue weighted by atomic mass is 9.96. The topological polar surface area (TPSA) is 59.6 Å². The van der Waals surface area contributed by atoms with Crippen molar-refractivity contribution in [3.05, 3.63) is 59.1 Å². The fourth-order valence-corrected chi connectivity index (χ4v) is 2.99. The van der Waals surface area contributed by atoms with E-state index in [0.717, 1.165) is 29.3 Å². The van der Waals surface area contributed by atoms with Gasteiger partial charge in [0.2, 0.25) is 0 Å². The molecule has 0 spiro atoms. The second-order valence-corrected chi connectivity index (χ2v) is 6.22. The number of hydrogen-bond acceptors (Lipinski definition) is 2. The third-order valence-corrected chi connectivity index (χ3v) is 4.54. The Bertz CT molecular complexity index is 708. The van der Waals surface area contributed by atoms with E-state index in [1.54, 1.807) is 7.11 Å². The molecule has 0 radical (unpaired) electrons. The molecule has 3 N–H and O–H groups in total. The number of rotatable bonds is 5. The summed E-state index contributed by atoms with van der Waals surface area (Å²) in [6.45, 7) is 0.645. The van der Waals surface area contributed by atoms with Crippen molar-refractivity contribution in [3.8, 4) is 5.75 Å². The second-order valence-electron chi connectivity index (χ2n) is 5.82. The van der Waals surface area contributed by atoms with Crippen LogP contribution in [0, 0.1) is 0 Å². The number of guanidine groups is 1. The molecule has 2 aromatic rings. The van der Waals surface area contributed by atoms with Gasteiger partial charge in [0, 0.05) is 16.1 Å². The number of aliphatic imine (C=N–C) groups is 1. The predicted octanol–water partition coefficient (Wildman–Crippen LogP) is 3.81. The van der Waals surface area contributed by atoms with Gasteiger partial charge in [-0.05, 0) is 48.7 Å². The fraction of sp³-hybridized carbons (Fsp3) is 0.278. The number of benzene rings is 2. The van der Waals surface area contributed by atoms with Gasteiger partial charge in [-0.25, -0.2) is 0 Å². The van der Waals surface area contributed by atoms with E-state index in [0.29, 0.717) is 12.5 Å². The van der Waals surface area contributed by atoms with Gasteiger partial charge in [0.15, 0.2) is 5.96 Å². The average molecular weight is 330 g/mol. The van der Waals surface area contributed by atoms with E-state index in [4.69, 9.17) is 22.1 Å². The van der Waals surface area contributed by atoms with E-state index in [2.05, 4.69) is 16.4 Å². The summed E-state index contributed by atoms with van der Waals surface area (Å²) in [5, 5.41) is 3.91. The minimum Gasteiger partial charge on any atom is -0.497 e. The Morgan fingerprint density at radius 1 is 1.22 bits per heavy atom. The summed E-state index contributed by atoms with van der Waals surface area (Å²) in [4.78, 5) is 4.51. The molecule has 1 aliphatic carbocycles. The van der Waals surface area contributed by atoms with Gasteiger partial charge in [0.05, 0.1) is 13.7 Å². The smallest absolute Gasteiger partial charge is 0.193 e. The number of methoxy groups -OCH3 is 1. The molecule has 0 amide bonds. The van der Waals surface area contributed by atoms with Crippen LogP contribution in [0.15, 0.2) is 53.5 Å². The molecule has 23 heavy (non-hydrogen) atoms. The number of hydrogen-bond donors (Lipinski definition) is 2. The zero-order valence-corrected chi connectivity index (χ0v) is 13.8. The first-order chi connectivity index (χ1) is 11.1. The van der Waals surface area contributed by atoms with Gasteiger partial charge >= 0.3 is 0 Å². The van der Waals surface area contributed by atoms with E-state index in [1.807, 2.05) is 42.5 Å². The van der Waals surface area contributed by atoms with Crippen LogP contribution in [0.3, 0.4) is 0 Å². The quantitative estimate of drug-likeness (QED) is 0.648. The van der Waals surface area contributed by atoms with Gasteiger partial charge in [-0.3, -0.25) is 4.99 Å². The fourth-order valence-electron chi connectivity index (χ4n) is 2.65. The van der Waals surface area contributed by atoms with Crippen molar-refractivity contribution in [3.63, 3.8) is 0 Å². The molecule has 5 heteroatoms. The predicted molar refractivity (Wildman–Crippen MR) is 95.5 cm³/mol. The van der Waals surface area contributed by atoms with E-state index in [1.165, 1.54) is 5.56 Å². The Balaban J connectivity index is 1.66. The maximum Gasteiger partial charge on any atom is 0.193 e. The molecule has 120 valence electrons. The lowest BCUT2D eigenvalue weighted by molar-refractivity contribution is 0.415. The zero-order chi connectivity index (χ0) is 16.3. The molecule has 1 fully saturated rings. The maximum absolute atomic E-state index is 6.32. The van der Waals surface area contributed by atoms with Crippen LogP contribution in [-0.4, -0.2) is 19.6 Å². The zero-order valence-electron chi connectivity index (χ0n) is 13.1. The van der Waals surface area contributed by atoms with Crippen molar-refractivity contribution in [1.82, 2.24) is 0 Å². The summed E-state index contributed by atoms with van der Waals surface area (Å²) >= 11 is 6.32. The van der Waals surface area contributed by atoms with E-state index < -0.39 is 0 Å². The summed E-state index contributed by atoms with van der Waals surface area (Å²) in [5.74, 6) is 1.22. The van der Waals surface area contributed by atoms with Gasteiger partial charge in [0.25, 0.3) is 0 Å². The molecule has 1 saturated carbocycles. The van der Waals surface area contributed by atoms with Crippen molar-refractivity contribution >= 4 is 23.2 Å². The number of anilines is 1. The summed E-state index contributed by atoms with van der Waals surface area (Å²) in [6.07, 6.45) is 2.19. The molecule has 4 nitrogen and oxygen atoms in total. The van der Waals surface area contributed by atoms with Crippen LogP contribution >= 0.6 is 11.6 Å². The van der Waals surface area contributed by atoms with Crippen LogP contribution in [0.2, 0.25) is 5.02 Å². The Labute approximate surface area is 141 Å². The Morgan fingerprint density at radius 2 is 1.91 bits per heavy atom. The molecule has 3 rings (SSSR count). The number of ether oxygens (including phenoxy) is 1. The second kappa shape index (κ2) is 6.50. The summed E-state index contributed by atoms with van der Waals surface area (Å²) < 4.78 is 5.13. The van der Waals surface area contributed by atoms with Crippen molar-refractivity contribution in [1.29, 1.82) is 0 Å². The van der Waals surface area contributed by atoms with Crippen LogP contribution in [-0.2, 0) is 5.41 Å². The highest BCUT2D eigenvalue weighted by Crippen LogP contribution is 2.50. The van der Waals surface area contributed by atoms with E-state index >= 15 is 0 Å². The molecule has 2 aromatic carbocycles. The molecule has 0 heterocycles. The number of nitrogens with one attached hydrogen (secondary N) is 1. The van der Waals surface area contributed by atoms with E-state index in [-0.39, 0.29) is 5.41 Å². The molecule has 0 atom stereocenters. The van der Waals surface area contributed by atoms with Crippen molar-refractivity contribution in [2.75, 3.05) is 19.0 Å². The van der Waals surface area contributed by atoms with Crippen LogP contribution in [0.1, 0.15) is 18.4 Å². The summed E-state index contributed by atoms with van der Waals surface area (Å²) in [7, 11) is 1.64. The first-order valence-corrected chi connectivity index (χ1v) is 7.97. The minimum atomic E-state index is 0.0462. The highest BCUT2D eigenvalue weighted by molar-refractivity contribution is 6.31. The van der Waals surface area contributed by atoms with Crippen molar-refractivity contribution in [2.24, 2.45) is 10.7 Å². The van der Waals surface area contributed by atoms with Gasteiger partial charge in [-0.2, -0.15) is 0 Å². The molecule has 0 unspecified atom stereocenters. The molecular formula is C18H20ClN3O. The number of nitrogens with zero attached hydrogens (tertiary/aromatic N) is 1. The number of nitrogens with two attached hydrogens (primary N) is 1. The Morgan fingerprint density at radius 3 is 2.52 bits per heavy atom. The van der Waals surface area contributed by atoms with Crippen LogP contribution in [0.25, 0.3) is 0 Å². The normalized spacial score (nSPS) is 16.0. The molecule has 0 aromatic heterocycles. The van der Waals surface area contributed by atoms with Crippen LogP contribution < -0.4 is 15.8 Å². The minimum absolute atomic E-state index is 0.0462. The lowest BCUT2D eigenvalue weighted by Gasteiger charge is -2.15. The lowest BCUT2D eigenvalue weighted by Crippen LogP contribution is -2.25. The monoisotopic (exact) mass is 329 g/mol. The third kappa shape index (κ3) is 3.59. The standard InChI is InChI=1S/C18H20ClN3O/c1-23-14-8-6-13(7-9-14)22-17(20)21-12-18(10-11-18)15-4-2-3-5-16(15)19/h2-9H,10-12H2,1H3,(H3,20,21,22). The first-order valence-electron chi connectivity index (χ1n) is 7.59. The molecule has 0 saturated heterocycles. The van der Waals surface area contributed by atoms with E-state index in [9.17, 15) is 0 Å². The Hall–Kier alpha value is -2.20. The van der Waals surface area contributed by atoms with Crippen LogP contribution in [0.5, 0.6) is 5.75 Å². The Kier molecular flexibility index (Phi) is 4.44. The highest BCUT2D eigenvalue weighted by atomic mass is 35.5. The highest BCUT2D eigenvalue weighted by Gasteiger charge is 2.45. The molecule has 1 aliphatic rings. The number of halogens is 1. The van der Waals surface area contributed by atoms with Crippen molar-refractivity contribution in [2.45, 2.75) is 18.3 Å². The van der Waals surface area contributed by atoms with Gasteiger partial charge in [0.1, 0.15) is 5.75 Å². The SMILES string of the molecule is COc1ccc(NC(N)=NCC2(c3ccccc3Cl)CC2)cc1. The largest absolute Gasteiger partial charge is 0.497 e. The van der Waals surface area contributed by atoms with Gasteiger partial charge < -0.3 is 15.8 Å². The van der Waals surface area contributed by atoms with Crippen LogP contribution in [0.4, 0.5) is 5.69 Å². The summed E-state index contributed by atoms with van der Waals surface area (Å²) in [6, 6.07) is 15.5. The summed E-state index contributed by atoms with van der Waals surface area (Å²) in [5.41, 5.74) is 8.10. The third-order valence-electron chi connectivity index (χ3n) is 4.21. The molecule has 0 bridgehead atoms. The first kappa shape index (κ1) is 15.7. The maximum atomic E-state index is 6.32.